The molecule has 0 saturated carbocycles. The van der Waals surface area contributed by atoms with E-state index in [1.807, 2.05) is 57.2 Å². The Hall–Kier alpha value is -3.08. The van der Waals surface area contributed by atoms with E-state index in [1.165, 1.54) is 6.08 Å². The fraction of sp³-hybridized carbons (Fsp3) is 0.333. The summed E-state index contributed by atoms with van der Waals surface area (Å²) in [7, 11) is 0. The molecule has 29 heavy (non-hydrogen) atoms. The molecular formula is C24H28O5. The number of hydrogen-bond donors (Lipinski definition) is 0. The lowest BCUT2D eigenvalue weighted by Gasteiger charge is -2.18. The summed E-state index contributed by atoms with van der Waals surface area (Å²) in [6.07, 6.45) is 2.41. The molecule has 0 bridgehead atoms. The number of benzene rings is 2. The molecule has 2 aromatic rings. The smallest absolute Gasteiger partial charge is 0.457 e. The fourth-order valence-electron chi connectivity index (χ4n) is 2.37. The van der Waals surface area contributed by atoms with Crippen LogP contribution in [0.5, 0.6) is 5.75 Å². The summed E-state index contributed by atoms with van der Waals surface area (Å²) in [5.74, 6) is 0.0436. The van der Waals surface area contributed by atoms with Gasteiger partial charge in [0.1, 0.15) is 17.0 Å². The normalized spacial score (nSPS) is 11.9. The SMILES string of the molecule is CC(C)(C)OC(=O)/C=C/c1ccc(-c2ccc(OC(=O)OC(C)(C)C)cc2)cc1. The van der Waals surface area contributed by atoms with E-state index in [0.29, 0.717) is 5.75 Å². The van der Waals surface area contributed by atoms with E-state index in [0.717, 1.165) is 16.7 Å². The standard InChI is InChI=1S/C24H28O5/c1-23(2,3)28-21(25)16-9-17-7-10-18(11-8-17)19-12-14-20(15-13-19)27-22(26)29-24(4,5)6/h7-16H,1-6H3/b16-9+. The van der Waals surface area contributed by atoms with Gasteiger partial charge in [0.25, 0.3) is 0 Å². The fourth-order valence-corrected chi connectivity index (χ4v) is 2.37. The first kappa shape index (κ1) is 22.2. The van der Waals surface area contributed by atoms with Crippen molar-refractivity contribution in [1.29, 1.82) is 0 Å². The molecule has 0 aromatic heterocycles. The topological polar surface area (TPSA) is 61.8 Å². The maximum atomic E-state index is 11.8. The second-order valence-corrected chi connectivity index (χ2v) is 8.58. The van der Waals surface area contributed by atoms with Crippen LogP contribution >= 0.6 is 0 Å². The van der Waals surface area contributed by atoms with Gasteiger partial charge in [-0.15, -0.1) is 0 Å². The molecule has 0 fully saturated rings. The van der Waals surface area contributed by atoms with Crippen molar-refractivity contribution >= 4 is 18.2 Å². The zero-order chi connectivity index (χ0) is 21.7. The van der Waals surface area contributed by atoms with Crippen LogP contribution in [0.25, 0.3) is 17.2 Å². The van der Waals surface area contributed by atoms with Gasteiger partial charge in [0.15, 0.2) is 0 Å². The van der Waals surface area contributed by atoms with Crippen molar-refractivity contribution in [2.24, 2.45) is 0 Å². The quantitative estimate of drug-likeness (QED) is 0.359. The first-order valence-electron chi connectivity index (χ1n) is 9.44. The zero-order valence-corrected chi connectivity index (χ0v) is 17.8. The summed E-state index contributed by atoms with van der Waals surface area (Å²) >= 11 is 0. The summed E-state index contributed by atoms with van der Waals surface area (Å²) in [4.78, 5) is 23.5. The highest BCUT2D eigenvalue weighted by Gasteiger charge is 2.18. The maximum absolute atomic E-state index is 11.8. The number of carbonyl (C=O) groups excluding carboxylic acids is 2. The van der Waals surface area contributed by atoms with Crippen LogP contribution < -0.4 is 4.74 Å². The Morgan fingerprint density at radius 1 is 0.724 bits per heavy atom. The maximum Gasteiger partial charge on any atom is 0.514 e. The van der Waals surface area contributed by atoms with Gasteiger partial charge >= 0.3 is 12.1 Å². The van der Waals surface area contributed by atoms with Crippen molar-refractivity contribution in [2.75, 3.05) is 0 Å². The Balaban J connectivity index is 1.99. The minimum atomic E-state index is -0.730. The highest BCUT2D eigenvalue weighted by Crippen LogP contribution is 2.24. The van der Waals surface area contributed by atoms with Gasteiger partial charge in [0.05, 0.1) is 0 Å². The summed E-state index contributed by atoms with van der Waals surface area (Å²) < 4.78 is 15.6. The van der Waals surface area contributed by atoms with E-state index < -0.39 is 17.4 Å². The first-order valence-corrected chi connectivity index (χ1v) is 9.44. The number of ether oxygens (including phenoxy) is 3. The highest BCUT2D eigenvalue weighted by molar-refractivity contribution is 5.87. The summed E-state index contributed by atoms with van der Waals surface area (Å²) in [5.41, 5.74) is 1.76. The Bertz CT molecular complexity index is 863. The molecule has 0 unspecified atom stereocenters. The van der Waals surface area contributed by atoms with E-state index >= 15 is 0 Å². The zero-order valence-electron chi connectivity index (χ0n) is 17.8. The van der Waals surface area contributed by atoms with E-state index in [2.05, 4.69) is 0 Å². The van der Waals surface area contributed by atoms with Gasteiger partial charge in [-0.05, 0) is 76.4 Å². The average Bonchev–Trinajstić information content (AvgIpc) is 2.58. The Labute approximate surface area is 172 Å². The molecule has 0 radical (unpaired) electrons. The van der Waals surface area contributed by atoms with E-state index in [4.69, 9.17) is 14.2 Å². The minimum absolute atomic E-state index is 0.373. The lowest BCUT2D eigenvalue weighted by Crippen LogP contribution is -2.25. The molecule has 0 aliphatic rings. The second-order valence-electron chi connectivity index (χ2n) is 8.58. The summed E-state index contributed by atoms with van der Waals surface area (Å²) in [5, 5.41) is 0. The van der Waals surface area contributed by atoms with Crippen LogP contribution in [-0.4, -0.2) is 23.3 Å². The van der Waals surface area contributed by atoms with E-state index in [1.54, 1.807) is 39.0 Å². The predicted octanol–water partition coefficient (Wildman–Crippen LogP) is 6.02. The third-order valence-electron chi connectivity index (χ3n) is 3.51. The second kappa shape index (κ2) is 8.95. The molecule has 0 spiro atoms. The average molecular weight is 396 g/mol. The van der Waals surface area contributed by atoms with Crippen molar-refractivity contribution in [3.05, 3.63) is 60.2 Å². The van der Waals surface area contributed by atoms with Gasteiger partial charge in [-0.3, -0.25) is 0 Å². The summed E-state index contributed by atoms with van der Waals surface area (Å²) in [6, 6.07) is 14.9. The molecule has 0 atom stereocenters. The van der Waals surface area contributed by atoms with Crippen LogP contribution in [0, 0.1) is 0 Å². The molecular weight excluding hydrogens is 368 g/mol. The lowest BCUT2D eigenvalue weighted by atomic mass is 10.0. The van der Waals surface area contributed by atoms with Crippen LogP contribution in [0.15, 0.2) is 54.6 Å². The molecule has 0 heterocycles. The van der Waals surface area contributed by atoms with Crippen LogP contribution in [0.4, 0.5) is 4.79 Å². The first-order chi connectivity index (χ1) is 13.4. The van der Waals surface area contributed by atoms with Crippen LogP contribution in [0.3, 0.4) is 0 Å². The van der Waals surface area contributed by atoms with Gasteiger partial charge in [0.2, 0.25) is 0 Å². The molecule has 5 nitrogen and oxygen atoms in total. The van der Waals surface area contributed by atoms with Crippen molar-refractivity contribution in [2.45, 2.75) is 52.7 Å². The molecule has 2 aromatic carbocycles. The highest BCUT2D eigenvalue weighted by atomic mass is 16.7. The molecule has 5 heteroatoms. The largest absolute Gasteiger partial charge is 0.514 e. The van der Waals surface area contributed by atoms with E-state index in [-0.39, 0.29) is 5.97 Å². The van der Waals surface area contributed by atoms with E-state index in [9.17, 15) is 9.59 Å². The van der Waals surface area contributed by atoms with Crippen molar-refractivity contribution in [1.82, 2.24) is 0 Å². The Kier molecular flexibility index (Phi) is 6.85. The monoisotopic (exact) mass is 396 g/mol. The van der Waals surface area contributed by atoms with Crippen LogP contribution in [0.2, 0.25) is 0 Å². The third kappa shape index (κ3) is 8.21. The lowest BCUT2D eigenvalue weighted by molar-refractivity contribution is -0.148. The number of esters is 1. The molecule has 0 aliphatic heterocycles. The van der Waals surface area contributed by atoms with Gasteiger partial charge < -0.3 is 14.2 Å². The van der Waals surface area contributed by atoms with Crippen LogP contribution in [0.1, 0.15) is 47.1 Å². The molecule has 0 amide bonds. The van der Waals surface area contributed by atoms with Crippen molar-refractivity contribution in [3.8, 4) is 16.9 Å². The van der Waals surface area contributed by atoms with Gasteiger partial charge in [-0.2, -0.15) is 0 Å². The van der Waals surface area contributed by atoms with Gasteiger partial charge in [-0.25, -0.2) is 9.59 Å². The summed E-state index contributed by atoms with van der Waals surface area (Å²) in [6.45, 7) is 10.8. The van der Waals surface area contributed by atoms with Crippen molar-refractivity contribution < 1.29 is 23.8 Å². The van der Waals surface area contributed by atoms with Gasteiger partial charge in [0, 0.05) is 6.08 Å². The van der Waals surface area contributed by atoms with Crippen molar-refractivity contribution in [3.63, 3.8) is 0 Å². The molecule has 0 saturated heterocycles. The number of carbonyl (C=O) groups is 2. The predicted molar refractivity (Wildman–Crippen MR) is 114 cm³/mol. The van der Waals surface area contributed by atoms with Crippen LogP contribution in [-0.2, 0) is 14.3 Å². The third-order valence-corrected chi connectivity index (χ3v) is 3.51. The van der Waals surface area contributed by atoms with Gasteiger partial charge in [-0.1, -0.05) is 36.4 Å². The number of hydrogen-bond acceptors (Lipinski definition) is 5. The molecule has 154 valence electrons. The molecule has 0 N–H and O–H groups in total. The Morgan fingerprint density at radius 2 is 1.21 bits per heavy atom. The molecule has 0 aliphatic carbocycles. The Morgan fingerprint density at radius 3 is 1.69 bits per heavy atom. The minimum Gasteiger partial charge on any atom is -0.457 e. The molecule has 2 rings (SSSR count). The number of rotatable bonds is 4.